The van der Waals surface area contributed by atoms with Crippen LogP contribution in [0.2, 0.25) is 0 Å². The van der Waals surface area contributed by atoms with Gasteiger partial charge in [-0.1, -0.05) is 12.1 Å². The summed E-state index contributed by atoms with van der Waals surface area (Å²) in [5.74, 6) is 1.78. The predicted octanol–water partition coefficient (Wildman–Crippen LogP) is 3.43. The van der Waals surface area contributed by atoms with Gasteiger partial charge in [-0.05, 0) is 54.1 Å². The Morgan fingerprint density at radius 2 is 1.64 bits per heavy atom. The first-order valence-corrected chi connectivity index (χ1v) is 10.5. The molecule has 4 rings (SSSR count). The third-order valence-electron chi connectivity index (χ3n) is 5.26. The Morgan fingerprint density at radius 1 is 0.970 bits per heavy atom. The number of aromatic nitrogens is 3. The third kappa shape index (κ3) is 5.17. The van der Waals surface area contributed by atoms with Crippen LogP contribution in [0.25, 0.3) is 11.0 Å². The van der Waals surface area contributed by atoms with E-state index in [1.165, 1.54) is 0 Å². The van der Waals surface area contributed by atoms with Crippen LogP contribution in [0.1, 0.15) is 17.8 Å². The molecule has 0 aliphatic heterocycles. The molecule has 2 aromatic heterocycles. The number of methoxy groups -OCH3 is 2. The number of rotatable bonds is 8. The highest BCUT2D eigenvalue weighted by Gasteiger charge is 2.14. The van der Waals surface area contributed by atoms with Gasteiger partial charge in [-0.2, -0.15) is 0 Å². The van der Waals surface area contributed by atoms with Crippen molar-refractivity contribution in [3.05, 3.63) is 88.6 Å². The van der Waals surface area contributed by atoms with E-state index in [0.717, 1.165) is 11.3 Å². The van der Waals surface area contributed by atoms with Crippen LogP contribution in [-0.2, 0) is 17.8 Å². The Hall–Kier alpha value is -4.20. The number of nitrogens with zero attached hydrogens (tertiary/aromatic N) is 3. The molecule has 2 heterocycles. The van der Waals surface area contributed by atoms with Crippen molar-refractivity contribution in [3.63, 3.8) is 0 Å². The lowest BCUT2D eigenvalue weighted by atomic mass is 10.2. The van der Waals surface area contributed by atoms with Gasteiger partial charge in [0, 0.05) is 24.7 Å². The van der Waals surface area contributed by atoms with E-state index in [1.807, 2.05) is 24.3 Å². The normalized spacial score (nSPS) is 10.7. The number of hydrogen-bond acceptors (Lipinski definition) is 6. The largest absolute Gasteiger partial charge is 0.497 e. The number of ether oxygens (including phenoxy) is 2. The molecule has 0 saturated heterocycles. The van der Waals surface area contributed by atoms with E-state index < -0.39 is 0 Å². The van der Waals surface area contributed by atoms with Crippen LogP contribution in [0.4, 0.5) is 5.69 Å². The van der Waals surface area contributed by atoms with Gasteiger partial charge in [-0.15, -0.1) is 0 Å². The number of hydrogen-bond donors (Lipinski definition) is 1. The molecule has 0 bridgehead atoms. The zero-order valence-corrected chi connectivity index (χ0v) is 18.4. The molecule has 1 N–H and O–H groups in total. The molecule has 1 amide bonds. The second kappa shape index (κ2) is 9.95. The molecular formula is C25H24N4O4. The number of amides is 1. The van der Waals surface area contributed by atoms with E-state index in [9.17, 15) is 9.59 Å². The topological polar surface area (TPSA) is 95.3 Å². The summed E-state index contributed by atoms with van der Waals surface area (Å²) < 4.78 is 11.9. The van der Waals surface area contributed by atoms with Gasteiger partial charge in [0.05, 0.1) is 26.2 Å². The number of pyridine rings is 1. The zero-order chi connectivity index (χ0) is 23.2. The number of carbonyl (C=O) groups excluding carboxylic acids is 1. The molecule has 0 aliphatic rings. The number of nitrogens with one attached hydrogen (secondary N) is 1. The highest BCUT2D eigenvalue weighted by Crippen LogP contribution is 2.16. The van der Waals surface area contributed by atoms with Crippen molar-refractivity contribution in [1.29, 1.82) is 0 Å². The number of anilines is 1. The first kappa shape index (κ1) is 22.0. The summed E-state index contributed by atoms with van der Waals surface area (Å²) in [4.78, 5) is 34.6. The maximum absolute atomic E-state index is 13.2. The van der Waals surface area contributed by atoms with E-state index in [-0.39, 0.29) is 17.9 Å². The molecule has 168 valence electrons. The van der Waals surface area contributed by atoms with Crippen LogP contribution >= 0.6 is 0 Å². The minimum Gasteiger partial charge on any atom is -0.497 e. The maximum Gasteiger partial charge on any atom is 0.263 e. The van der Waals surface area contributed by atoms with Crippen LogP contribution in [0.5, 0.6) is 11.5 Å². The first-order chi connectivity index (χ1) is 16.1. The Bertz CT molecular complexity index is 1320. The maximum atomic E-state index is 13.2. The van der Waals surface area contributed by atoms with Crippen LogP contribution in [0.15, 0.2) is 71.7 Å². The van der Waals surface area contributed by atoms with Crippen LogP contribution in [0, 0.1) is 0 Å². The lowest BCUT2D eigenvalue weighted by Crippen LogP contribution is -2.27. The number of aryl methyl sites for hydroxylation is 1. The molecule has 0 unspecified atom stereocenters. The highest BCUT2D eigenvalue weighted by atomic mass is 16.5. The van der Waals surface area contributed by atoms with Crippen molar-refractivity contribution >= 4 is 22.6 Å². The van der Waals surface area contributed by atoms with Crippen molar-refractivity contribution in [1.82, 2.24) is 14.5 Å². The highest BCUT2D eigenvalue weighted by molar-refractivity contribution is 5.90. The summed E-state index contributed by atoms with van der Waals surface area (Å²) in [5, 5.41) is 3.30. The Labute approximate surface area is 190 Å². The van der Waals surface area contributed by atoms with Crippen molar-refractivity contribution in [2.75, 3.05) is 19.5 Å². The average molecular weight is 444 g/mol. The lowest BCUT2D eigenvalue weighted by Gasteiger charge is -2.14. The molecule has 8 nitrogen and oxygen atoms in total. The Kier molecular flexibility index (Phi) is 6.64. The summed E-state index contributed by atoms with van der Waals surface area (Å²) in [5.41, 5.74) is 1.78. The fourth-order valence-corrected chi connectivity index (χ4v) is 3.49. The third-order valence-corrected chi connectivity index (χ3v) is 5.26. The lowest BCUT2D eigenvalue weighted by molar-refractivity contribution is -0.116. The molecule has 2 aromatic carbocycles. The Morgan fingerprint density at radius 3 is 2.30 bits per heavy atom. The molecule has 0 radical (unpaired) electrons. The fourth-order valence-electron chi connectivity index (χ4n) is 3.49. The van der Waals surface area contributed by atoms with E-state index >= 15 is 0 Å². The fraction of sp³-hybridized carbons (Fsp3) is 0.200. The summed E-state index contributed by atoms with van der Waals surface area (Å²) in [6.07, 6.45) is 2.06. The zero-order valence-electron chi connectivity index (χ0n) is 18.4. The van der Waals surface area contributed by atoms with Crippen LogP contribution in [-0.4, -0.2) is 34.7 Å². The van der Waals surface area contributed by atoms with E-state index in [0.29, 0.717) is 41.3 Å². The summed E-state index contributed by atoms with van der Waals surface area (Å²) in [7, 11) is 3.19. The quantitative estimate of drug-likeness (QED) is 0.447. The van der Waals surface area contributed by atoms with Crippen LogP contribution < -0.4 is 20.3 Å². The van der Waals surface area contributed by atoms with Gasteiger partial charge in [0.25, 0.3) is 5.56 Å². The van der Waals surface area contributed by atoms with Gasteiger partial charge in [0.2, 0.25) is 5.91 Å². The minimum absolute atomic E-state index is 0.166. The SMILES string of the molecule is COc1ccc(Cn2c(CCC(=O)Nc3ccc(OC)cc3)nc3ncccc3c2=O)cc1. The molecule has 0 spiro atoms. The number of carbonyl (C=O) groups is 1. The summed E-state index contributed by atoms with van der Waals surface area (Å²) >= 11 is 0. The minimum atomic E-state index is -0.186. The van der Waals surface area contributed by atoms with Gasteiger partial charge in [0.15, 0.2) is 5.65 Å². The van der Waals surface area contributed by atoms with E-state index in [1.54, 1.807) is 61.4 Å². The van der Waals surface area contributed by atoms with Crippen molar-refractivity contribution in [2.45, 2.75) is 19.4 Å². The number of benzene rings is 2. The predicted molar refractivity (Wildman–Crippen MR) is 126 cm³/mol. The molecule has 33 heavy (non-hydrogen) atoms. The van der Waals surface area contributed by atoms with Gasteiger partial charge >= 0.3 is 0 Å². The molecule has 0 saturated carbocycles. The van der Waals surface area contributed by atoms with E-state index in [4.69, 9.17) is 9.47 Å². The second-order valence-corrected chi connectivity index (χ2v) is 7.42. The molecule has 4 aromatic rings. The molecule has 8 heteroatoms. The summed E-state index contributed by atoms with van der Waals surface area (Å²) in [6, 6.07) is 18.0. The molecular weight excluding hydrogens is 420 g/mol. The second-order valence-electron chi connectivity index (χ2n) is 7.42. The number of fused-ring (bicyclic) bond motifs is 1. The van der Waals surface area contributed by atoms with E-state index in [2.05, 4.69) is 15.3 Å². The molecule has 0 atom stereocenters. The standard InChI is InChI=1S/C25H24N4O4/c1-32-19-9-5-17(6-10-19)16-29-22(28-24-21(25(29)31)4-3-15-26-24)13-14-23(30)27-18-7-11-20(33-2)12-8-18/h3-12,15H,13-14,16H2,1-2H3,(H,27,30). The van der Waals surface area contributed by atoms with Crippen LogP contribution in [0.3, 0.4) is 0 Å². The Balaban J connectivity index is 1.57. The van der Waals surface area contributed by atoms with Gasteiger partial charge in [-0.3, -0.25) is 14.2 Å². The smallest absolute Gasteiger partial charge is 0.263 e. The average Bonchev–Trinajstić information content (AvgIpc) is 2.85. The van der Waals surface area contributed by atoms with Crippen molar-refractivity contribution in [2.24, 2.45) is 0 Å². The van der Waals surface area contributed by atoms with Gasteiger partial charge in [0.1, 0.15) is 17.3 Å². The molecule has 0 fully saturated rings. The first-order valence-electron chi connectivity index (χ1n) is 10.5. The van der Waals surface area contributed by atoms with Crippen molar-refractivity contribution in [3.8, 4) is 11.5 Å². The van der Waals surface area contributed by atoms with Gasteiger partial charge < -0.3 is 14.8 Å². The molecule has 0 aliphatic carbocycles. The van der Waals surface area contributed by atoms with Crippen molar-refractivity contribution < 1.29 is 14.3 Å². The monoisotopic (exact) mass is 444 g/mol. The van der Waals surface area contributed by atoms with Gasteiger partial charge in [-0.25, -0.2) is 9.97 Å². The summed E-state index contributed by atoms with van der Waals surface area (Å²) in [6.45, 7) is 0.329.